The minimum absolute atomic E-state index is 0.0554. The van der Waals surface area contributed by atoms with Crippen LogP contribution in [0, 0.1) is 11.8 Å². The first-order chi connectivity index (χ1) is 9.97. The minimum atomic E-state index is 0.0554. The number of hydrogen-bond acceptors (Lipinski definition) is 3. The van der Waals surface area contributed by atoms with Gasteiger partial charge in [0, 0.05) is 37.0 Å². The van der Waals surface area contributed by atoms with Gasteiger partial charge in [0.15, 0.2) is 0 Å². The molecule has 1 aliphatic heterocycles. The van der Waals surface area contributed by atoms with Crippen LogP contribution in [0.25, 0.3) is 0 Å². The Morgan fingerprint density at radius 2 is 1.81 bits per heavy atom. The van der Waals surface area contributed by atoms with Crippen molar-refractivity contribution >= 4 is 11.8 Å². The number of nitrogens with zero attached hydrogens (tertiary/aromatic N) is 1. The monoisotopic (exact) mass is 295 g/mol. The van der Waals surface area contributed by atoms with Gasteiger partial charge < -0.3 is 16.0 Å². The zero-order chi connectivity index (χ0) is 15.4. The van der Waals surface area contributed by atoms with Gasteiger partial charge in [-0.15, -0.1) is 0 Å². The number of carbonyl (C=O) groups is 2. The van der Waals surface area contributed by atoms with Gasteiger partial charge in [-0.2, -0.15) is 0 Å². The van der Waals surface area contributed by atoms with Crippen molar-refractivity contribution in [1.82, 2.24) is 10.2 Å². The van der Waals surface area contributed by atoms with E-state index in [9.17, 15) is 9.59 Å². The summed E-state index contributed by atoms with van der Waals surface area (Å²) in [6, 6.07) is 0.395. The van der Waals surface area contributed by atoms with Crippen molar-refractivity contribution in [3.63, 3.8) is 0 Å². The first kappa shape index (κ1) is 16.3. The van der Waals surface area contributed by atoms with Crippen LogP contribution < -0.4 is 11.1 Å². The predicted octanol–water partition coefficient (Wildman–Crippen LogP) is 1.27. The van der Waals surface area contributed by atoms with Gasteiger partial charge in [-0.1, -0.05) is 20.3 Å². The SMILES string of the molecule is CC(C)C(=O)N1CCC(NC(=O)C2CCCC(N)C2)CC1. The van der Waals surface area contributed by atoms with Crippen LogP contribution in [0.3, 0.4) is 0 Å². The number of rotatable bonds is 3. The Kier molecular flexibility index (Phi) is 5.62. The Morgan fingerprint density at radius 1 is 1.14 bits per heavy atom. The van der Waals surface area contributed by atoms with Crippen LogP contribution in [0.1, 0.15) is 52.4 Å². The number of hydrogen-bond donors (Lipinski definition) is 2. The predicted molar refractivity (Wildman–Crippen MR) is 82.5 cm³/mol. The molecule has 2 fully saturated rings. The van der Waals surface area contributed by atoms with Crippen LogP contribution in [0.5, 0.6) is 0 Å². The average Bonchev–Trinajstić information content (AvgIpc) is 2.47. The van der Waals surface area contributed by atoms with Crippen LogP contribution in [0.2, 0.25) is 0 Å². The second kappa shape index (κ2) is 7.25. The third-order valence-electron chi connectivity index (χ3n) is 4.73. The van der Waals surface area contributed by atoms with Crippen molar-refractivity contribution in [2.75, 3.05) is 13.1 Å². The largest absolute Gasteiger partial charge is 0.353 e. The summed E-state index contributed by atoms with van der Waals surface area (Å²) < 4.78 is 0. The molecule has 2 unspecified atom stereocenters. The van der Waals surface area contributed by atoms with E-state index >= 15 is 0 Å². The van der Waals surface area contributed by atoms with E-state index < -0.39 is 0 Å². The smallest absolute Gasteiger partial charge is 0.225 e. The van der Waals surface area contributed by atoms with Gasteiger partial charge in [-0.3, -0.25) is 9.59 Å². The molecule has 1 heterocycles. The van der Waals surface area contributed by atoms with E-state index in [1.807, 2.05) is 18.7 Å². The standard InChI is InChI=1S/C16H29N3O2/c1-11(2)16(21)19-8-6-14(7-9-19)18-15(20)12-4-3-5-13(17)10-12/h11-14H,3-10,17H2,1-2H3,(H,18,20). The molecule has 0 radical (unpaired) electrons. The van der Waals surface area contributed by atoms with E-state index in [0.717, 1.165) is 51.6 Å². The fourth-order valence-electron chi connectivity index (χ4n) is 3.39. The molecule has 120 valence electrons. The molecule has 2 aliphatic rings. The average molecular weight is 295 g/mol. The molecule has 2 atom stereocenters. The number of amides is 2. The van der Waals surface area contributed by atoms with E-state index in [1.54, 1.807) is 0 Å². The molecular formula is C16H29N3O2. The van der Waals surface area contributed by atoms with Crippen LogP contribution in [-0.2, 0) is 9.59 Å². The lowest BCUT2D eigenvalue weighted by Crippen LogP contribution is -2.49. The second-order valence-electron chi connectivity index (χ2n) is 6.89. The lowest BCUT2D eigenvalue weighted by atomic mass is 9.85. The fraction of sp³-hybridized carbons (Fsp3) is 0.875. The maximum absolute atomic E-state index is 12.3. The molecule has 0 spiro atoms. The molecule has 2 amide bonds. The molecular weight excluding hydrogens is 266 g/mol. The summed E-state index contributed by atoms with van der Waals surface area (Å²) >= 11 is 0. The molecule has 0 aromatic rings. The van der Waals surface area contributed by atoms with Crippen molar-refractivity contribution in [2.45, 2.75) is 64.5 Å². The Labute approximate surface area is 127 Å². The van der Waals surface area contributed by atoms with Crippen molar-refractivity contribution in [1.29, 1.82) is 0 Å². The highest BCUT2D eigenvalue weighted by atomic mass is 16.2. The molecule has 5 heteroatoms. The molecule has 5 nitrogen and oxygen atoms in total. The number of likely N-dealkylation sites (tertiary alicyclic amines) is 1. The van der Waals surface area contributed by atoms with Gasteiger partial charge in [-0.25, -0.2) is 0 Å². The molecule has 1 aliphatic carbocycles. The number of piperidine rings is 1. The Bertz CT molecular complexity index is 376. The molecule has 0 aromatic carbocycles. The summed E-state index contributed by atoms with van der Waals surface area (Å²) in [5, 5.41) is 3.17. The normalized spacial score (nSPS) is 27.7. The first-order valence-electron chi connectivity index (χ1n) is 8.32. The van der Waals surface area contributed by atoms with E-state index in [1.165, 1.54) is 0 Å². The Hall–Kier alpha value is -1.10. The van der Waals surface area contributed by atoms with Gasteiger partial charge >= 0.3 is 0 Å². The number of nitrogens with two attached hydrogens (primary N) is 1. The summed E-state index contributed by atoms with van der Waals surface area (Å²) in [4.78, 5) is 26.1. The van der Waals surface area contributed by atoms with Gasteiger partial charge in [0.2, 0.25) is 11.8 Å². The summed E-state index contributed by atoms with van der Waals surface area (Å²) in [6.07, 6.45) is 5.60. The summed E-state index contributed by atoms with van der Waals surface area (Å²) in [5.41, 5.74) is 5.95. The van der Waals surface area contributed by atoms with Crippen LogP contribution in [-0.4, -0.2) is 41.9 Å². The van der Waals surface area contributed by atoms with Gasteiger partial charge in [-0.05, 0) is 32.1 Å². The van der Waals surface area contributed by atoms with Crippen molar-refractivity contribution in [3.05, 3.63) is 0 Å². The molecule has 2 rings (SSSR count). The lowest BCUT2D eigenvalue weighted by molar-refractivity contribution is -0.135. The molecule has 0 bridgehead atoms. The zero-order valence-corrected chi connectivity index (χ0v) is 13.3. The first-order valence-corrected chi connectivity index (χ1v) is 8.32. The maximum Gasteiger partial charge on any atom is 0.225 e. The quantitative estimate of drug-likeness (QED) is 0.823. The molecule has 21 heavy (non-hydrogen) atoms. The molecule has 1 saturated heterocycles. The highest BCUT2D eigenvalue weighted by Gasteiger charge is 2.29. The van der Waals surface area contributed by atoms with Crippen molar-refractivity contribution in [2.24, 2.45) is 17.6 Å². The topological polar surface area (TPSA) is 75.4 Å². The van der Waals surface area contributed by atoms with Gasteiger partial charge in [0.25, 0.3) is 0 Å². The van der Waals surface area contributed by atoms with E-state index in [0.29, 0.717) is 0 Å². The zero-order valence-electron chi connectivity index (χ0n) is 13.3. The molecule has 1 saturated carbocycles. The third-order valence-corrected chi connectivity index (χ3v) is 4.73. The fourth-order valence-corrected chi connectivity index (χ4v) is 3.39. The van der Waals surface area contributed by atoms with Gasteiger partial charge in [0.05, 0.1) is 0 Å². The lowest BCUT2D eigenvalue weighted by Gasteiger charge is -2.34. The van der Waals surface area contributed by atoms with Crippen molar-refractivity contribution in [3.8, 4) is 0 Å². The van der Waals surface area contributed by atoms with E-state index in [-0.39, 0.29) is 35.7 Å². The molecule has 3 N–H and O–H groups in total. The van der Waals surface area contributed by atoms with Crippen molar-refractivity contribution < 1.29 is 9.59 Å². The molecule has 0 aromatic heterocycles. The summed E-state index contributed by atoms with van der Waals surface area (Å²) in [5.74, 6) is 0.528. The van der Waals surface area contributed by atoms with Crippen LogP contribution in [0.4, 0.5) is 0 Å². The third kappa shape index (κ3) is 4.43. The number of carbonyl (C=O) groups excluding carboxylic acids is 2. The maximum atomic E-state index is 12.3. The van der Waals surface area contributed by atoms with Crippen LogP contribution in [0.15, 0.2) is 0 Å². The van der Waals surface area contributed by atoms with E-state index in [2.05, 4.69) is 5.32 Å². The highest BCUT2D eigenvalue weighted by molar-refractivity contribution is 5.79. The Morgan fingerprint density at radius 3 is 2.38 bits per heavy atom. The minimum Gasteiger partial charge on any atom is -0.353 e. The Balaban J connectivity index is 1.75. The highest BCUT2D eigenvalue weighted by Crippen LogP contribution is 2.24. The van der Waals surface area contributed by atoms with Gasteiger partial charge in [0.1, 0.15) is 0 Å². The number of nitrogens with one attached hydrogen (secondary N) is 1. The summed E-state index contributed by atoms with van der Waals surface area (Å²) in [7, 11) is 0. The summed E-state index contributed by atoms with van der Waals surface area (Å²) in [6.45, 7) is 5.38. The van der Waals surface area contributed by atoms with E-state index in [4.69, 9.17) is 5.73 Å². The van der Waals surface area contributed by atoms with Crippen LogP contribution >= 0.6 is 0 Å². The second-order valence-corrected chi connectivity index (χ2v) is 6.89.